The van der Waals surface area contributed by atoms with Gasteiger partial charge in [0.25, 0.3) is 0 Å². The van der Waals surface area contributed by atoms with Crippen molar-refractivity contribution >= 4 is 6.09 Å². The van der Waals surface area contributed by atoms with Gasteiger partial charge in [-0.15, -0.1) is 0 Å². The minimum Gasteiger partial charge on any atom is -0.448 e. The minimum absolute atomic E-state index is 0.107. The molecule has 3 N–H and O–H groups in total. The molecule has 1 fully saturated rings. The molecule has 12 heavy (non-hydrogen) atoms. The van der Waals surface area contributed by atoms with Crippen LogP contribution >= 0.6 is 0 Å². The number of ether oxygens (including phenoxy) is 2. The van der Waals surface area contributed by atoms with E-state index < -0.39 is 6.09 Å². The lowest BCUT2D eigenvalue weighted by atomic mass is 10.3. The zero-order valence-electron chi connectivity index (χ0n) is 6.91. The van der Waals surface area contributed by atoms with Crippen molar-refractivity contribution in [3.05, 3.63) is 0 Å². The first-order valence-corrected chi connectivity index (χ1v) is 4.04. The van der Waals surface area contributed by atoms with Crippen LogP contribution in [-0.4, -0.2) is 38.5 Å². The molecule has 1 aliphatic heterocycles. The molecular formula is C7H14N2O3. The third kappa shape index (κ3) is 3.06. The molecule has 1 unspecified atom stereocenters. The number of nitrogens with two attached hydrogens (primary N) is 1. The average molecular weight is 174 g/mol. The second-order valence-electron chi connectivity index (χ2n) is 2.63. The highest BCUT2D eigenvalue weighted by Crippen LogP contribution is 2.02. The van der Waals surface area contributed by atoms with Crippen molar-refractivity contribution in [2.45, 2.75) is 12.5 Å². The van der Waals surface area contributed by atoms with Crippen LogP contribution in [0.2, 0.25) is 0 Å². The molecule has 1 atom stereocenters. The lowest BCUT2D eigenvalue weighted by molar-refractivity contribution is 0.141. The Balaban J connectivity index is 2.08. The molecule has 0 aromatic rings. The van der Waals surface area contributed by atoms with E-state index in [1.165, 1.54) is 0 Å². The van der Waals surface area contributed by atoms with E-state index >= 15 is 0 Å². The molecule has 0 spiro atoms. The number of rotatable bonds is 3. The van der Waals surface area contributed by atoms with E-state index in [1.54, 1.807) is 0 Å². The van der Waals surface area contributed by atoms with Gasteiger partial charge in [-0.3, -0.25) is 0 Å². The third-order valence-corrected chi connectivity index (χ3v) is 1.60. The van der Waals surface area contributed by atoms with E-state index in [4.69, 9.17) is 15.2 Å². The molecule has 1 amide bonds. The first-order valence-electron chi connectivity index (χ1n) is 4.04. The predicted octanol–water partition coefficient (Wildman–Crippen LogP) is -0.540. The Morgan fingerprint density at radius 2 is 2.58 bits per heavy atom. The number of carbonyl (C=O) groups excluding carboxylic acids is 1. The van der Waals surface area contributed by atoms with Crippen LogP contribution in [0.5, 0.6) is 0 Å². The average Bonchev–Trinajstić information content (AvgIpc) is 2.53. The van der Waals surface area contributed by atoms with Crippen LogP contribution in [0.15, 0.2) is 0 Å². The number of alkyl carbamates (subject to hydrolysis) is 1. The first kappa shape index (κ1) is 9.28. The maximum Gasteiger partial charge on any atom is 0.407 e. The lowest BCUT2D eigenvalue weighted by Crippen LogP contribution is -2.36. The summed E-state index contributed by atoms with van der Waals surface area (Å²) in [4.78, 5) is 10.9. The molecule has 0 aromatic carbocycles. The van der Waals surface area contributed by atoms with Crippen LogP contribution in [0.25, 0.3) is 0 Å². The number of nitrogens with one attached hydrogen (secondary N) is 1. The quantitative estimate of drug-likeness (QED) is 0.602. The van der Waals surface area contributed by atoms with E-state index in [2.05, 4.69) is 5.32 Å². The second kappa shape index (κ2) is 4.95. The van der Waals surface area contributed by atoms with Gasteiger partial charge in [-0.1, -0.05) is 0 Å². The van der Waals surface area contributed by atoms with Crippen LogP contribution in [0, 0.1) is 0 Å². The fourth-order valence-corrected chi connectivity index (χ4v) is 1.01. The van der Waals surface area contributed by atoms with Gasteiger partial charge in [-0.05, 0) is 6.42 Å². The van der Waals surface area contributed by atoms with E-state index in [-0.39, 0.29) is 12.6 Å². The molecule has 70 valence electrons. The molecule has 0 saturated carbocycles. The van der Waals surface area contributed by atoms with Gasteiger partial charge in [-0.25, -0.2) is 4.79 Å². The maximum absolute atomic E-state index is 10.9. The summed E-state index contributed by atoms with van der Waals surface area (Å²) in [6.45, 7) is 1.91. The standard InChI is InChI=1S/C7H14N2O3/c8-2-4-12-7(10)9-6-1-3-11-5-6/h6H,1-5,8H2,(H,9,10). The van der Waals surface area contributed by atoms with Gasteiger partial charge in [0.15, 0.2) is 0 Å². The molecule has 1 heterocycles. The second-order valence-corrected chi connectivity index (χ2v) is 2.63. The van der Waals surface area contributed by atoms with Crippen LogP contribution in [0.4, 0.5) is 4.79 Å². The van der Waals surface area contributed by atoms with Crippen molar-refractivity contribution in [3.8, 4) is 0 Å². The van der Waals surface area contributed by atoms with Gasteiger partial charge < -0.3 is 20.5 Å². The van der Waals surface area contributed by atoms with E-state index in [1.807, 2.05) is 0 Å². The fraction of sp³-hybridized carbons (Fsp3) is 0.857. The highest BCUT2D eigenvalue weighted by molar-refractivity contribution is 5.67. The Labute approximate surface area is 71.2 Å². The Morgan fingerprint density at radius 3 is 3.17 bits per heavy atom. The Hall–Kier alpha value is -0.810. The third-order valence-electron chi connectivity index (χ3n) is 1.60. The summed E-state index contributed by atoms with van der Waals surface area (Å²) in [5.74, 6) is 0. The van der Waals surface area contributed by atoms with Crippen LogP contribution in [0.3, 0.4) is 0 Å². The highest BCUT2D eigenvalue weighted by Gasteiger charge is 2.17. The highest BCUT2D eigenvalue weighted by atomic mass is 16.5. The van der Waals surface area contributed by atoms with Gasteiger partial charge >= 0.3 is 6.09 Å². The molecule has 5 heteroatoms. The number of amides is 1. The summed E-state index contributed by atoms with van der Waals surface area (Å²) < 4.78 is 9.79. The summed E-state index contributed by atoms with van der Waals surface area (Å²) in [5.41, 5.74) is 5.16. The largest absolute Gasteiger partial charge is 0.448 e. The SMILES string of the molecule is NCCOC(=O)NC1CCOC1. The van der Waals surface area contributed by atoms with Gasteiger partial charge in [0.2, 0.25) is 0 Å². The van der Waals surface area contributed by atoms with Gasteiger partial charge in [0, 0.05) is 13.2 Å². The molecular weight excluding hydrogens is 160 g/mol. The van der Waals surface area contributed by atoms with Gasteiger partial charge in [-0.2, -0.15) is 0 Å². The summed E-state index contributed by atoms with van der Waals surface area (Å²) >= 11 is 0. The molecule has 0 bridgehead atoms. The molecule has 0 radical (unpaired) electrons. The summed E-state index contributed by atoms with van der Waals surface area (Å²) in [7, 11) is 0. The summed E-state index contributed by atoms with van der Waals surface area (Å²) in [6.07, 6.45) is 0.452. The van der Waals surface area contributed by atoms with Crippen LogP contribution in [0.1, 0.15) is 6.42 Å². The van der Waals surface area contributed by atoms with Crippen molar-refractivity contribution in [2.75, 3.05) is 26.4 Å². The smallest absolute Gasteiger partial charge is 0.407 e. The van der Waals surface area contributed by atoms with Crippen molar-refractivity contribution < 1.29 is 14.3 Å². The number of hydrogen-bond acceptors (Lipinski definition) is 4. The van der Waals surface area contributed by atoms with Crippen molar-refractivity contribution in [1.29, 1.82) is 0 Å². The van der Waals surface area contributed by atoms with E-state index in [0.29, 0.717) is 19.8 Å². The molecule has 5 nitrogen and oxygen atoms in total. The molecule has 0 aliphatic carbocycles. The Morgan fingerprint density at radius 1 is 1.75 bits per heavy atom. The van der Waals surface area contributed by atoms with Crippen molar-refractivity contribution in [1.82, 2.24) is 5.32 Å². The monoisotopic (exact) mass is 174 g/mol. The summed E-state index contributed by atoms with van der Waals surface area (Å²) in [6, 6.07) is 0.107. The van der Waals surface area contributed by atoms with Gasteiger partial charge in [0.05, 0.1) is 12.6 Å². The predicted molar refractivity (Wildman–Crippen MR) is 42.8 cm³/mol. The summed E-state index contributed by atoms with van der Waals surface area (Å²) in [5, 5.41) is 2.67. The molecule has 0 aromatic heterocycles. The van der Waals surface area contributed by atoms with Gasteiger partial charge in [0.1, 0.15) is 6.61 Å². The zero-order valence-corrected chi connectivity index (χ0v) is 6.91. The van der Waals surface area contributed by atoms with E-state index in [9.17, 15) is 4.79 Å². The normalized spacial score (nSPS) is 22.2. The van der Waals surface area contributed by atoms with Crippen molar-refractivity contribution in [2.24, 2.45) is 5.73 Å². The Bertz CT molecular complexity index is 146. The molecule has 1 rings (SSSR count). The molecule has 1 aliphatic rings. The number of hydrogen-bond donors (Lipinski definition) is 2. The molecule has 1 saturated heterocycles. The maximum atomic E-state index is 10.9. The Kier molecular flexibility index (Phi) is 3.83. The van der Waals surface area contributed by atoms with E-state index in [0.717, 1.165) is 6.42 Å². The fourth-order valence-electron chi connectivity index (χ4n) is 1.01. The lowest BCUT2D eigenvalue weighted by Gasteiger charge is -2.09. The zero-order chi connectivity index (χ0) is 8.81. The topological polar surface area (TPSA) is 73.6 Å². The minimum atomic E-state index is -0.407. The first-order chi connectivity index (χ1) is 5.83. The van der Waals surface area contributed by atoms with Crippen molar-refractivity contribution in [3.63, 3.8) is 0 Å². The van der Waals surface area contributed by atoms with Crippen LogP contribution in [-0.2, 0) is 9.47 Å². The number of carbonyl (C=O) groups is 1. The van der Waals surface area contributed by atoms with Crippen LogP contribution < -0.4 is 11.1 Å².